The molecular formula is C14H11ClFNO3S. The van der Waals surface area contributed by atoms with Gasteiger partial charge in [0.25, 0.3) is 0 Å². The standard InChI is InChI=1S/C14H11ClFNO3S/c1-20-14(18)10-4-2-3-5-13(10)17-21(19)9-6-7-12(16)11(15)8-9/h2-8,17H,1H3. The summed E-state index contributed by atoms with van der Waals surface area (Å²) in [6, 6.07) is 10.2. The second kappa shape index (κ2) is 6.69. The van der Waals surface area contributed by atoms with Crippen LogP contribution in [0, 0.1) is 5.82 Å². The van der Waals surface area contributed by atoms with Crippen molar-refractivity contribution in [2.45, 2.75) is 4.90 Å². The van der Waals surface area contributed by atoms with Crippen molar-refractivity contribution in [2.75, 3.05) is 11.8 Å². The van der Waals surface area contributed by atoms with Crippen LogP contribution in [-0.4, -0.2) is 17.3 Å². The van der Waals surface area contributed by atoms with Gasteiger partial charge in [-0.2, -0.15) is 0 Å². The molecule has 0 aliphatic heterocycles. The Kier molecular flexibility index (Phi) is 4.93. The van der Waals surface area contributed by atoms with E-state index in [0.29, 0.717) is 10.6 Å². The van der Waals surface area contributed by atoms with Crippen LogP contribution in [0.5, 0.6) is 0 Å². The number of ether oxygens (including phenoxy) is 1. The number of nitrogens with one attached hydrogen (secondary N) is 1. The van der Waals surface area contributed by atoms with Crippen LogP contribution in [0.1, 0.15) is 10.4 Å². The predicted molar refractivity (Wildman–Crippen MR) is 79.2 cm³/mol. The Morgan fingerprint density at radius 3 is 2.67 bits per heavy atom. The van der Waals surface area contributed by atoms with Gasteiger partial charge in [0.2, 0.25) is 0 Å². The lowest BCUT2D eigenvalue weighted by Crippen LogP contribution is -2.10. The maximum atomic E-state index is 13.1. The van der Waals surface area contributed by atoms with Crippen molar-refractivity contribution in [1.29, 1.82) is 0 Å². The van der Waals surface area contributed by atoms with Crippen LogP contribution in [0.4, 0.5) is 10.1 Å². The average Bonchev–Trinajstić information content (AvgIpc) is 2.49. The molecule has 0 amide bonds. The fraction of sp³-hybridized carbons (Fsp3) is 0.0714. The highest BCUT2D eigenvalue weighted by atomic mass is 35.5. The largest absolute Gasteiger partial charge is 0.465 e. The van der Waals surface area contributed by atoms with E-state index in [2.05, 4.69) is 9.46 Å². The van der Waals surface area contributed by atoms with Crippen molar-refractivity contribution >= 4 is 34.2 Å². The fourth-order valence-corrected chi connectivity index (χ4v) is 2.77. The van der Waals surface area contributed by atoms with Crippen molar-refractivity contribution in [3.8, 4) is 0 Å². The number of carbonyl (C=O) groups excluding carboxylic acids is 1. The lowest BCUT2D eigenvalue weighted by molar-refractivity contribution is 0.0602. The first-order chi connectivity index (χ1) is 10.0. The molecule has 2 rings (SSSR count). The van der Waals surface area contributed by atoms with E-state index in [1.165, 1.54) is 19.2 Å². The molecule has 0 radical (unpaired) electrons. The van der Waals surface area contributed by atoms with Gasteiger partial charge in [-0.25, -0.2) is 13.4 Å². The maximum absolute atomic E-state index is 13.1. The molecule has 0 saturated heterocycles. The zero-order valence-electron chi connectivity index (χ0n) is 10.9. The quantitative estimate of drug-likeness (QED) is 0.876. The van der Waals surface area contributed by atoms with Gasteiger partial charge < -0.3 is 9.46 Å². The number of halogens is 2. The second-order valence-electron chi connectivity index (χ2n) is 3.98. The molecule has 0 aromatic heterocycles. The van der Waals surface area contributed by atoms with E-state index in [1.807, 2.05) is 0 Å². The van der Waals surface area contributed by atoms with Crippen LogP contribution in [0.3, 0.4) is 0 Å². The summed E-state index contributed by atoms with van der Waals surface area (Å²) in [4.78, 5) is 11.9. The second-order valence-corrected chi connectivity index (χ2v) is 5.60. The summed E-state index contributed by atoms with van der Waals surface area (Å²) < 4.78 is 32.6. The van der Waals surface area contributed by atoms with Crippen LogP contribution < -0.4 is 4.72 Å². The van der Waals surface area contributed by atoms with Gasteiger partial charge in [-0.05, 0) is 30.3 Å². The topological polar surface area (TPSA) is 55.4 Å². The van der Waals surface area contributed by atoms with E-state index in [4.69, 9.17) is 11.6 Å². The van der Waals surface area contributed by atoms with Crippen molar-refractivity contribution < 1.29 is 18.1 Å². The van der Waals surface area contributed by atoms with Gasteiger partial charge in [-0.15, -0.1) is 0 Å². The Labute approximate surface area is 128 Å². The Morgan fingerprint density at radius 2 is 2.00 bits per heavy atom. The first-order valence-corrected chi connectivity index (χ1v) is 7.36. The summed E-state index contributed by atoms with van der Waals surface area (Å²) in [6.45, 7) is 0. The number of rotatable bonds is 4. The fourth-order valence-electron chi connectivity index (χ4n) is 1.61. The minimum Gasteiger partial charge on any atom is -0.465 e. The van der Waals surface area contributed by atoms with Crippen LogP contribution in [0.15, 0.2) is 47.4 Å². The lowest BCUT2D eigenvalue weighted by Gasteiger charge is -2.10. The molecule has 0 heterocycles. The van der Waals surface area contributed by atoms with Crippen LogP contribution in [0.2, 0.25) is 5.02 Å². The molecular weight excluding hydrogens is 317 g/mol. The Bertz CT molecular complexity index is 708. The van der Waals surface area contributed by atoms with Gasteiger partial charge >= 0.3 is 5.97 Å². The van der Waals surface area contributed by atoms with E-state index < -0.39 is 22.8 Å². The summed E-state index contributed by atoms with van der Waals surface area (Å²) >= 11 is 5.65. The SMILES string of the molecule is COC(=O)c1ccccc1NS(=O)c1ccc(F)c(Cl)c1. The molecule has 7 heteroatoms. The summed E-state index contributed by atoms with van der Waals surface area (Å²) in [5.41, 5.74) is 0.602. The number of benzene rings is 2. The van der Waals surface area contributed by atoms with Crippen LogP contribution in [0.25, 0.3) is 0 Å². The number of esters is 1. The number of para-hydroxylation sites is 1. The Balaban J connectivity index is 2.27. The molecule has 0 fully saturated rings. The average molecular weight is 328 g/mol. The summed E-state index contributed by atoms with van der Waals surface area (Å²) in [5.74, 6) is -1.14. The first-order valence-electron chi connectivity index (χ1n) is 5.83. The molecule has 21 heavy (non-hydrogen) atoms. The molecule has 1 atom stereocenters. The molecule has 1 N–H and O–H groups in total. The van der Waals surface area contributed by atoms with Crippen molar-refractivity contribution in [3.63, 3.8) is 0 Å². The number of hydrogen-bond acceptors (Lipinski definition) is 3. The number of anilines is 1. The normalized spacial score (nSPS) is 11.8. The van der Waals surface area contributed by atoms with E-state index >= 15 is 0 Å². The predicted octanol–water partition coefficient (Wildman–Crippen LogP) is 3.40. The van der Waals surface area contributed by atoms with Crippen molar-refractivity contribution in [3.05, 3.63) is 58.9 Å². The third-order valence-electron chi connectivity index (χ3n) is 2.64. The van der Waals surface area contributed by atoms with Gasteiger partial charge in [0.1, 0.15) is 16.8 Å². The van der Waals surface area contributed by atoms with Gasteiger partial charge in [-0.1, -0.05) is 23.7 Å². The number of methoxy groups -OCH3 is 1. The number of carbonyl (C=O) groups is 1. The summed E-state index contributed by atoms with van der Waals surface area (Å²) in [5, 5.41) is -0.121. The van der Waals surface area contributed by atoms with Gasteiger partial charge in [0.05, 0.1) is 28.3 Å². The molecule has 0 aliphatic rings. The molecule has 0 spiro atoms. The third-order valence-corrected chi connectivity index (χ3v) is 4.02. The molecule has 2 aromatic rings. The monoisotopic (exact) mass is 327 g/mol. The summed E-state index contributed by atoms with van der Waals surface area (Å²) in [7, 11) is -0.431. The van der Waals surface area contributed by atoms with E-state index in [0.717, 1.165) is 6.07 Å². The molecule has 2 aromatic carbocycles. The van der Waals surface area contributed by atoms with E-state index in [1.54, 1.807) is 24.3 Å². The molecule has 110 valence electrons. The highest BCUT2D eigenvalue weighted by Crippen LogP contribution is 2.22. The van der Waals surface area contributed by atoms with Crippen molar-refractivity contribution in [1.82, 2.24) is 0 Å². The Morgan fingerprint density at radius 1 is 1.29 bits per heavy atom. The van der Waals surface area contributed by atoms with Gasteiger partial charge in [-0.3, -0.25) is 0 Å². The minimum absolute atomic E-state index is 0.121. The smallest absolute Gasteiger partial charge is 0.339 e. The van der Waals surface area contributed by atoms with Crippen LogP contribution in [-0.2, 0) is 15.7 Å². The molecule has 0 bridgehead atoms. The Hall–Kier alpha value is -1.92. The minimum atomic E-state index is -1.69. The molecule has 1 unspecified atom stereocenters. The lowest BCUT2D eigenvalue weighted by atomic mass is 10.2. The molecule has 0 aliphatic carbocycles. The van der Waals surface area contributed by atoms with E-state index in [9.17, 15) is 13.4 Å². The molecule has 4 nitrogen and oxygen atoms in total. The maximum Gasteiger partial charge on any atom is 0.339 e. The van der Waals surface area contributed by atoms with Gasteiger partial charge in [0.15, 0.2) is 0 Å². The number of hydrogen-bond donors (Lipinski definition) is 1. The highest BCUT2D eigenvalue weighted by Gasteiger charge is 2.14. The summed E-state index contributed by atoms with van der Waals surface area (Å²) in [6.07, 6.45) is 0. The van der Waals surface area contributed by atoms with Crippen molar-refractivity contribution in [2.24, 2.45) is 0 Å². The van der Waals surface area contributed by atoms with E-state index in [-0.39, 0.29) is 10.6 Å². The molecule has 0 saturated carbocycles. The van der Waals surface area contributed by atoms with Crippen LogP contribution >= 0.6 is 11.6 Å². The highest BCUT2D eigenvalue weighted by molar-refractivity contribution is 7.86. The zero-order valence-corrected chi connectivity index (χ0v) is 12.5. The first kappa shape index (κ1) is 15.5. The van der Waals surface area contributed by atoms with Gasteiger partial charge in [0, 0.05) is 0 Å². The third kappa shape index (κ3) is 3.59. The zero-order chi connectivity index (χ0) is 15.4.